The van der Waals surface area contributed by atoms with Crippen molar-refractivity contribution in [3.05, 3.63) is 47.1 Å². The van der Waals surface area contributed by atoms with Gasteiger partial charge in [0.1, 0.15) is 5.82 Å². The first-order valence-electron chi connectivity index (χ1n) is 10.6. The fourth-order valence-corrected chi connectivity index (χ4v) is 5.38. The van der Waals surface area contributed by atoms with Crippen LogP contribution in [0.2, 0.25) is 0 Å². The zero-order valence-corrected chi connectivity index (χ0v) is 18.2. The van der Waals surface area contributed by atoms with Crippen molar-refractivity contribution in [1.29, 1.82) is 0 Å². The van der Waals surface area contributed by atoms with E-state index in [0.29, 0.717) is 6.54 Å². The fraction of sp³-hybridized carbons (Fsp3) is 0.478. The summed E-state index contributed by atoms with van der Waals surface area (Å²) in [5.74, 6) is -0.0102. The molecular formula is C23H28FN3O2S. The van der Waals surface area contributed by atoms with Gasteiger partial charge in [0.05, 0.1) is 5.92 Å². The smallest absolute Gasteiger partial charge is 0.227 e. The molecule has 0 spiro atoms. The summed E-state index contributed by atoms with van der Waals surface area (Å²) in [6.07, 6.45) is 1.78. The van der Waals surface area contributed by atoms with E-state index in [1.54, 1.807) is 35.3 Å². The highest BCUT2D eigenvalue weighted by molar-refractivity contribution is 7.15. The molecule has 0 aliphatic carbocycles. The van der Waals surface area contributed by atoms with Crippen molar-refractivity contribution >= 4 is 23.2 Å². The molecule has 1 aromatic heterocycles. The summed E-state index contributed by atoms with van der Waals surface area (Å²) in [6.45, 7) is 6.93. The molecule has 2 aromatic rings. The van der Waals surface area contributed by atoms with Crippen LogP contribution in [0.15, 0.2) is 36.4 Å². The zero-order valence-electron chi connectivity index (χ0n) is 17.3. The summed E-state index contributed by atoms with van der Waals surface area (Å²) in [6, 6.07) is 10.9. The summed E-state index contributed by atoms with van der Waals surface area (Å²) in [4.78, 5) is 33.0. The van der Waals surface area contributed by atoms with Crippen LogP contribution >= 0.6 is 11.3 Å². The highest BCUT2D eigenvalue weighted by atomic mass is 32.1. The summed E-state index contributed by atoms with van der Waals surface area (Å²) >= 11 is 1.69. The molecular weight excluding hydrogens is 401 g/mol. The Morgan fingerprint density at radius 1 is 1.07 bits per heavy atom. The van der Waals surface area contributed by atoms with Gasteiger partial charge in [-0.1, -0.05) is 12.1 Å². The summed E-state index contributed by atoms with van der Waals surface area (Å²) < 4.78 is 13.5. The molecule has 2 fully saturated rings. The van der Waals surface area contributed by atoms with E-state index in [0.717, 1.165) is 62.6 Å². The second kappa shape index (κ2) is 9.27. The quantitative estimate of drug-likeness (QED) is 0.748. The second-order valence-electron chi connectivity index (χ2n) is 8.18. The van der Waals surface area contributed by atoms with Crippen LogP contribution in [-0.2, 0) is 16.1 Å². The van der Waals surface area contributed by atoms with E-state index >= 15 is 0 Å². The Morgan fingerprint density at radius 3 is 2.60 bits per heavy atom. The van der Waals surface area contributed by atoms with Crippen LogP contribution < -0.4 is 0 Å². The predicted molar refractivity (Wildman–Crippen MR) is 117 cm³/mol. The number of amides is 2. The van der Waals surface area contributed by atoms with Crippen molar-refractivity contribution in [3.8, 4) is 10.4 Å². The number of hydrogen-bond donors (Lipinski definition) is 0. The minimum atomic E-state index is -0.215. The molecule has 0 N–H and O–H groups in total. The van der Waals surface area contributed by atoms with Crippen molar-refractivity contribution in [2.45, 2.75) is 26.3 Å². The van der Waals surface area contributed by atoms with Crippen molar-refractivity contribution in [2.24, 2.45) is 5.92 Å². The topological polar surface area (TPSA) is 43.9 Å². The molecule has 0 radical (unpaired) electrons. The van der Waals surface area contributed by atoms with Gasteiger partial charge < -0.3 is 9.80 Å². The average Bonchev–Trinajstić information content (AvgIpc) is 3.22. The van der Waals surface area contributed by atoms with Crippen LogP contribution in [0.3, 0.4) is 0 Å². The molecule has 2 aliphatic heterocycles. The Kier molecular flexibility index (Phi) is 6.49. The fourth-order valence-electron chi connectivity index (χ4n) is 4.33. The van der Waals surface area contributed by atoms with Crippen LogP contribution in [-0.4, -0.2) is 65.8 Å². The van der Waals surface area contributed by atoms with Crippen LogP contribution in [0, 0.1) is 11.7 Å². The number of rotatable bonds is 4. The van der Waals surface area contributed by atoms with Gasteiger partial charge in [-0.25, -0.2) is 4.39 Å². The molecule has 1 aromatic carbocycles. The van der Waals surface area contributed by atoms with Gasteiger partial charge in [-0.15, -0.1) is 11.3 Å². The number of carbonyl (C=O) groups is 2. The molecule has 30 heavy (non-hydrogen) atoms. The van der Waals surface area contributed by atoms with Gasteiger partial charge in [0.2, 0.25) is 11.8 Å². The maximum Gasteiger partial charge on any atom is 0.227 e. The molecule has 7 heteroatoms. The van der Waals surface area contributed by atoms with Gasteiger partial charge in [-0.05, 0) is 42.7 Å². The standard InChI is InChI=1S/C23H28FN3O2S/c1-17(28)27-9-3-5-19(15-27)23(29)26-12-10-25(11-13-26)16-21-7-8-22(30-21)18-4-2-6-20(24)14-18/h2,4,6-8,14,19H,3,5,9-13,15-16H2,1H3. The summed E-state index contributed by atoms with van der Waals surface area (Å²) in [7, 11) is 0. The summed E-state index contributed by atoms with van der Waals surface area (Å²) in [5, 5.41) is 0. The van der Waals surface area contributed by atoms with E-state index in [1.807, 2.05) is 11.0 Å². The molecule has 1 unspecified atom stereocenters. The van der Waals surface area contributed by atoms with E-state index in [2.05, 4.69) is 17.0 Å². The maximum absolute atomic E-state index is 13.5. The lowest BCUT2D eigenvalue weighted by molar-refractivity contribution is -0.141. The first kappa shape index (κ1) is 21.0. The number of piperidine rings is 1. The second-order valence-corrected chi connectivity index (χ2v) is 9.35. The lowest BCUT2D eigenvalue weighted by atomic mass is 9.96. The third-order valence-corrected chi connectivity index (χ3v) is 7.17. The molecule has 4 rings (SSSR count). The van der Waals surface area contributed by atoms with Gasteiger partial charge in [-0.2, -0.15) is 0 Å². The maximum atomic E-state index is 13.5. The van der Waals surface area contributed by atoms with E-state index in [4.69, 9.17) is 0 Å². The van der Waals surface area contributed by atoms with E-state index in [9.17, 15) is 14.0 Å². The molecule has 0 bridgehead atoms. The SMILES string of the molecule is CC(=O)N1CCCC(C(=O)N2CCN(Cc3ccc(-c4cccc(F)c4)s3)CC2)C1. The molecule has 1 atom stereocenters. The van der Waals surface area contributed by atoms with Crippen LogP contribution in [0.4, 0.5) is 4.39 Å². The number of piperazine rings is 1. The minimum absolute atomic E-state index is 0.0553. The predicted octanol–water partition coefficient (Wildman–Crippen LogP) is 3.46. The van der Waals surface area contributed by atoms with Crippen molar-refractivity contribution in [2.75, 3.05) is 39.3 Å². The molecule has 5 nitrogen and oxygen atoms in total. The van der Waals surface area contributed by atoms with E-state index < -0.39 is 0 Å². The Morgan fingerprint density at radius 2 is 1.87 bits per heavy atom. The van der Waals surface area contributed by atoms with E-state index in [-0.39, 0.29) is 23.5 Å². The van der Waals surface area contributed by atoms with Crippen LogP contribution in [0.5, 0.6) is 0 Å². The van der Waals surface area contributed by atoms with Crippen molar-refractivity contribution in [1.82, 2.24) is 14.7 Å². The van der Waals surface area contributed by atoms with Gasteiger partial charge in [0.15, 0.2) is 0 Å². The lowest BCUT2D eigenvalue weighted by Crippen LogP contribution is -2.52. The number of nitrogens with zero attached hydrogens (tertiary/aromatic N) is 3. The van der Waals surface area contributed by atoms with Gasteiger partial charge in [0, 0.05) is 62.5 Å². The summed E-state index contributed by atoms with van der Waals surface area (Å²) in [5.41, 5.74) is 0.911. The minimum Gasteiger partial charge on any atom is -0.342 e. The first-order valence-corrected chi connectivity index (χ1v) is 11.4. The van der Waals surface area contributed by atoms with Gasteiger partial charge >= 0.3 is 0 Å². The third kappa shape index (κ3) is 4.90. The van der Waals surface area contributed by atoms with E-state index in [1.165, 1.54) is 10.9 Å². The number of thiophene rings is 1. The van der Waals surface area contributed by atoms with Crippen molar-refractivity contribution in [3.63, 3.8) is 0 Å². The third-order valence-electron chi connectivity index (χ3n) is 6.05. The zero-order chi connectivity index (χ0) is 21.1. The Hall–Kier alpha value is -2.25. The van der Waals surface area contributed by atoms with Gasteiger partial charge in [-0.3, -0.25) is 14.5 Å². The highest BCUT2D eigenvalue weighted by Gasteiger charge is 2.31. The molecule has 2 aliphatic rings. The number of carbonyl (C=O) groups excluding carboxylic acids is 2. The molecule has 2 amide bonds. The number of benzene rings is 1. The first-order chi connectivity index (χ1) is 14.5. The van der Waals surface area contributed by atoms with Crippen LogP contribution in [0.1, 0.15) is 24.6 Å². The Bertz CT molecular complexity index is 907. The molecule has 2 saturated heterocycles. The largest absolute Gasteiger partial charge is 0.342 e. The lowest BCUT2D eigenvalue weighted by Gasteiger charge is -2.38. The Labute approximate surface area is 181 Å². The van der Waals surface area contributed by atoms with Gasteiger partial charge in [0.25, 0.3) is 0 Å². The molecule has 160 valence electrons. The normalized spacial score (nSPS) is 20.4. The molecule has 0 saturated carbocycles. The average molecular weight is 430 g/mol. The number of halogens is 1. The highest BCUT2D eigenvalue weighted by Crippen LogP contribution is 2.29. The number of likely N-dealkylation sites (tertiary alicyclic amines) is 1. The Balaban J connectivity index is 1.29. The number of hydrogen-bond acceptors (Lipinski definition) is 4. The monoisotopic (exact) mass is 429 g/mol. The molecule has 3 heterocycles. The van der Waals surface area contributed by atoms with Crippen LogP contribution in [0.25, 0.3) is 10.4 Å². The van der Waals surface area contributed by atoms with Crippen molar-refractivity contribution < 1.29 is 14.0 Å².